The molecule has 0 atom stereocenters. The summed E-state index contributed by atoms with van der Waals surface area (Å²) in [6.45, 7) is 4.70. The summed E-state index contributed by atoms with van der Waals surface area (Å²) >= 11 is 0. The van der Waals surface area contributed by atoms with Crippen molar-refractivity contribution in [2.24, 2.45) is 0 Å². The number of carbonyl (C=O) groups is 1. The molecule has 0 aliphatic heterocycles. The van der Waals surface area contributed by atoms with Crippen molar-refractivity contribution in [2.75, 3.05) is 23.8 Å². The molecule has 0 unspecified atom stereocenters. The van der Waals surface area contributed by atoms with Gasteiger partial charge in [-0.3, -0.25) is 15.1 Å². The first-order valence-corrected chi connectivity index (χ1v) is 11.7. The van der Waals surface area contributed by atoms with Crippen LogP contribution in [-0.4, -0.2) is 39.1 Å². The van der Waals surface area contributed by atoms with E-state index in [1.54, 1.807) is 23.0 Å². The normalized spacial score (nSPS) is 11.4. The topological polar surface area (TPSA) is 108 Å². The molecule has 3 heterocycles. The Balaban J connectivity index is 1.74. The molecule has 3 N–H and O–H groups in total. The van der Waals surface area contributed by atoms with Gasteiger partial charge in [0.1, 0.15) is 0 Å². The Labute approximate surface area is 209 Å². The maximum Gasteiger partial charge on any atom is 0.321 e. The second kappa shape index (κ2) is 11.2. The van der Waals surface area contributed by atoms with Crippen LogP contribution in [0.25, 0.3) is 22.2 Å². The van der Waals surface area contributed by atoms with Gasteiger partial charge in [-0.05, 0) is 61.4 Å². The van der Waals surface area contributed by atoms with Crippen LogP contribution in [0.1, 0.15) is 19.5 Å². The summed E-state index contributed by atoms with van der Waals surface area (Å²) in [5.41, 5.74) is 4.57. The highest BCUT2D eigenvalue weighted by atomic mass is 16.2. The number of nitrogens with one attached hydrogen (secondary N) is 3. The third-order valence-electron chi connectivity index (χ3n) is 5.52. The number of hydrogen-bond acceptors (Lipinski definition) is 5. The van der Waals surface area contributed by atoms with Crippen LogP contribution in [0.3, 0.4) is 0 Å². The van der Waals surface area contributed by atoms with Crippen LogP contribution in [0.15, 0.2) is 84.1 Å². The molecule has 9 nitrogen and oxygen atoms in total. The van der Waals surface area contributed by atoms with Crippen LogP contribution < -0.4 is 21.1 Å². The van der Waals surface area contributed by atoms with E-state index in [1.165, 1.54) is 0 Å². The lowest BCUT2D eigenvalue weighted by atomic mass is 10.0. The van der Waals surface area contributed by atoms with Gasteiger partial charge in [0.2, 0.25) is 5.95 Å². The number of hydrogen-bond donors (Lipinski definition) is 3. The molecule has 0 aliphatic rings. The van der Waals surface area contributed by atoms with Crippen LogP contribution in [0.5, 0.6) is 0 Å². The van der Waals surface area contributed by atoms with E-state index in [1.807, 2.05) is 86.6 Å². The van der Waals surface area contributed by atoms with Crippen LogP contribution in [0.4, 0.5) is 16.4 Å². The number of urea groups is 1. The fraction of sp³-hybridized carbons (Fsp3) is 0.185. The number of fused-ring (bicyclic) bond motifs is 1. The highest BCUT2D eigenvalue weighted by Crippen LogP contribution is 2.32. The van der Waals surface area contributed by atoms with Gasteiger partial charge in [0.05, 0.1) is 29.0 Å². The summed E-state index contributed by atoms with van der Waals surface area (Å²) in [6.07, 6.45) is 11.2. The van der Waals surface area contributed by atoms with Crippen molar-refractivity contribution in [3.05, 3.63) is 95.3 Å². The molecule has 36 heavy (non-hydrogen) atoms. The zero-order chi connectivity index (χ0) is 25.5. The molecule has 9 heteroatoms. The number of carbonyl (C=O) groups excluding carboxylic acids is 1. The summed E-state index contributed by atoms with van der Waals surface area (Å²) in [5, 5.41) is 5.42. The Kier molecular flexibility index (Phi) is 7.60. The first-order valence-electron chi connectivity index (χ1n) is 11.7. The fourth-order valence-electron chi connectivity index (χ4n) is 3.77. The minimum absolute atomic E-state index is 0.123. The Hall–Kier alpha value is -4.66. The average molecular weight is 484 g/mol. The lowest BCUT2D eigenvalue weighted by Crippen LogP contribution is -2.28. The number of nitrogens with zero attached hydrogens (tertiary/aromatic N) is 4. The van der Waals surface area contributed by atoms with E-state index >= 15 is 0 Å². The quantitative estimate of drug-likeness (QED) is 0.320. The lowest BCUT2D eigenvalue weighted by molar-refractivity contribution is 0.252. The standard InChI is InChI=1S/C27H29N7O2/c1-4-6-9-13-33(3)23-16-20(15-22-25(23)31-26(30-22)32-27(36)28-5-2)19-11-14-34(24(35)17-19)18-21-10-7-8-12-29-21/h4,6-17H,5,18H2,1-3H3,(H3,28,30,31,32,36)/b6-4?,13-9-. The second-order valence-corrected chi connectivity index (χ2v) is 8.14. The maximum atomic E-state index is 12.9. The van der Waals surface area contributed by atoms with Crippen molar-refractivity contribution < 1.29 is 4.79 Å². The molecule has 0 radical (unpaired) electrons. The number of aromatic amines is 1. The SMILES string of the molecule is CC=C/C=C\N(C)c1cc(-c2ccn(Cc3ccccn3)c(=O)c2)cc2nc(NC(=O)NCC)[nH]c12. The van der Waals surface area contributed by atoms with Gasteiger partial charge in [0.15, 0.2) is 0 Å². The number of H-pyrrole nitrogens is 1. The summed E-state index contributed by atoms with van der Waals surface area (Å²) in [4.78, 5) is 38.9. The zero-order valence-electron chi connectivity index (χ0n) is 20.5. The summed E-state index contributed by atoms with van der Waals surface area (Å²) in [7, 11) is 1.93. The number of allylic oxidation sites excluding steroid dienone is 3. The predicted octanol–water partition coefficient (Wildman–Crippen LogP) is 4.50. The van der Waals surface area contributed by atoms with Crippen LogP contribution in [0, 0.1) is 0 Å². The van der Waals surface area contributed by atoms with Crippen LogP contribution in [0.2, 0.25) is 0 Å². The van der Waals surface area contributed by atoms with Crippen molar-refractivity contribution in [1.29, 1.82) is 0 Å². The van der Waals surface area contributed by atoms with Crippen molar-refractivity contribution >= 4 is 28.7 Å². The van der Waals surface area contributed by atoms with Gasteiger partial charge in [0.25, 0.3) is 5.56 Å². The van der Waals surface area contributed by atoms with E-state index in [9.17, 15) is 9.59 Å². The molecule has 4 rings (SSSR count). The number of imidazole rings is 1. The second-order valence-electron chi connectivity index (χ2n) is 8.14. The first kappa shape index (κ1) is 24.5. The van der Waals surface area contributed by atoms with Gasteiger partial charge in [-0.2, -0.15) is 0 Å². The highest BCUT2D eigenvalue weighted by Gasteiger charge is 2.15. The third kappa shape index (κ3) is 5.69. The van der Waals surface area contributed by atoms with E-state index in [0.29, 0.717) is 24.6 Å². The molecule has 4 aromatic rings. The van der Waals surface area contributed by atoms with Crippen molar-refractivity contribution in [3.8, 4) is 11.1 Å². The van der Waals surface area contributed by atoms with E-state index in [2.05, 4.69) is 25.6 Å². The largest absolute Gasteiger partial charge is 0.349 e. The van der Waals surface area contributed by atoms with Crippen LogP contribution >= 0.6 is 0 Å². The van der Waals surface area contributed by atoms with Crippen molar-refractivity contribution in [2.45, 2.75) is 20.4 Å². The number of amides is 2. The van der Waals surface area contributed by atoms with Gasteiger partial charge in [-0.1, -0.05) is 18.2 Å². The van der Waals surface area contributed by atoms with E-state index in [4.69, 9.17) is 0 Å². The number of pyridine rings is 2. The smallest absolute Gasteiger partial charge is 0.321 e. The van der Waals surface area contributed by atoms with Gasteiger partial charge < -0.3 is 19.8 Å². The van der Waals surface area contributed by atoms with Gasteiger partial charge >= 0.3 is 6.03 Å². The van der Waals surface area contributed by atoms with Gasteiger partial charge in [0, 0.05) is 38.3 Å². The molecular weight excluding hydrogens is 454 g/mol. The molecule has 0 bridgehead atoms. The molecule has 0 spiro atoms. The Morgan fingerprint density at radius 2 is 2.03 bits per heavy atom. The molecule has 0 saturated heterocycles. The van der Waals surface area contributed by atoms with E-state index < -0.39 is 0 Å². The molecule has 3 aromatic heterocycles. The molecule has 184 valence electrons. The Morgan fingerprint density at radius 1 is 1.17 bits per heavy atom. The average Bonchev–Trinajstić information content (AvgIpc) is 3.27. The molecular formula is C27H29N7O2. The van der Waals surface area contributed by atoms with Crippen LogP contribution in [-0.2, 0) is 6.54 Å². The molecule has 0 fully saturated rings. The monoisotopic (exact) mass is 483 g/mol. The summed E-state index contributed by atoms with van der Waals surface area (Å²) < 4.78 is 1.63. The predicted molar refractivity (Wildman–Crippen MR) is 144 cm³/mol. The number of aromatic nitrogens is 4. The lowest BCUT2D eigenvalue weighted by Gasteiger charge is -2.16. The third-order valence-corrected chi connectivity index (χ3v) is 5.52. The fourth-order valence-corrected chi connectivity index (χ4v) is 3.77. The number of anilines is 2. The first-order chi connectivity index (χ1) is 17.5. The Morgan fingerprint density at radius 3 is 2.75 bits per heavy atom. The number of benzene rings is 1. The van der Waals surface area contributed by atoms with Crippen molar-refractivity contribution in [1.82, 2.24) is 24.8 Å². The molecule has 0 saturated carbocycles. The summed E-state index contributed by atoms with van der Waals surface area (Å²) in [5.74, 6) is 0.339. The van der Waals surface area contributed by atoms with E-state index in [0.717, 1.165) is 28.0 Å². The highest BCUT2D eigenvalue weighted by molar-refractivity contribution is 5.97. The number of rotatable bonds is 8. The summed E-state index contributed by atoms with van der Waals surface area (Å²) in [6, 6.07) is 12.7. The maximum absolute atomic E-state index is 12.9. The zero-order valence-corrected chi connectivity index (χ0v) is 20.5. The van der Waals surface area contributed by atoms with E-state index in [-0.39, 0.29) is 11.6 Å². The Bertz CT molecular complexity index is 1470. The minimum atomic E-state index is -0.337. The molecule has 0 aliphatic carbocycles. The molecule has 2 amide bonds. The van der Waals surface area contributed by atoms with Crippen molar-refractivity contribution in [3.63, 3.8) is 0 Å². The molecule has 1 aromatic carbocycles. The van der Waals surface area contributed by atoms with Gasteiger partial charge in [-0.25, -0.2) is 9.78 Å². The minimum Gasteiger partial charge on any atom is -0.349 e. The van der Waals surface area contributed by atoms with Gasteiger partial charge in [-0.15, -0.1) is 0 Å².